The summed E-state index contributed by atoms with van der Waals surface area (Å²) in [6.07, 6.45) is 3.01. The average molecular weight is 733 g/mol. The average Bonchev–Trinajstić information content (AvgIpc) is 2.87. The van der Waals surface area contributed by atoms with Gasteiger partial charge in [0.15, 0.2) is 11.5 Å². The van der Waals surface area contributed by atoms with Gasteiger partial charge in [0, 0.05) is 36.5 Å². The number of nitrogens with zero attached hydrogens (tertiary/aromatic N) is 3. The van der Waals surface area contributed by atoms with Gasteiger partial charge in [-0.15, -0.1) is 0 Å². The Morgan fingerprint density at radius 3 is 2.57 bits per heavy atom. The summed E-state index contributed by atoms with van der Waals surface area (Å²) in [5.41, 5.74) is 1.84. The normalized spacial score (nSPS) is 11.4. The maximum absolute atomic E-state index is 13.3. The van der Waals surface area contributed by atoms with Gasteiger partial charge in [0.1, 0.15) is 12.4 Å². The first-order chi connectivity index (χ1) is 17.7. The Hall–Kier alpha value is -1.91. The van der Waals surface area contributed by atoms with Crippen LogP contribution in [-0.4, -0.2) is 23.0 Å². The molecule has 0 unspecified atom stereocenters. The Labute approximate surface area is 249 Å². The molecule has 11 heteroatoms. The molecule has 3 aromatic carbocycles. The fourth-order valence-corrected chi connectivity index (χ4v) is 5.35. The van der Waals surface area contributed by atoms with E-state index in [1.807, 2.05) is 25.1 Å². The van der Waals surface area contributed by atoms with Crippen LogP contribution in [0.15, 0.2) is 65.8 Å². The quantitative estimate of drug-likeness (QED) is 0.171. The summed E-state index contributed by atoms with van der Waals surface area (Å²) < 4.78 is 15.1. The first kappa shape index (κ1) is 28.1. The molecule has 0 atom stereocenters. The number of hydrogen-bond acceptors (Lipinski definition) is 5. The number of rotatable bonds is 8. The van der Waals surface area contributed by atoms with Crippen molar-refractivity contribution in [2.75, 3.05) is 7.11 Å². The van der Waals surface area contributed by atoms with Gasteiger partial charge in [-0.2, -0.15) is 9.78 Å². The highest BCUT2D eigenvalue weighted by Gasteiger charge is 2.18. The smallest absolute Gasteiger partial charge is 0.282 e. The van der Waals surface area contributed by atoms with Gasteiger partial charge in [0.05, 0.1) is 28.7 Å². The number of halogens is 5. The van der Waals surface area contributed by atoms with Crippen molar-refractivity contribution in [3.63, 3.8) is 0 Å². The van der Waals surface area contributed by atoms with E-state index in [-0.39, 0.29) is 12.2 Å². The third-order valence-corrected chi connectivity index (χ3v) is 8.65. The second-order valence-corrected chi connectivity index (χ2v) is 11.3. The van der Waals surface area contributed by atoms with Crippen LogP contribution in [0.2, 0.25) is 10.0 Å². The molecule has 0 saturated heterocycles. The van der Waals surface area contributed by atoms with Crippen LogP contribution in [0.3, 0.4) is 0 Å². The molecule has 1 aromatic heterocycles. The van der Waals surface area contributed by atoms with E-state index in [1.165, 1.54) is 4.68 Å². The Morgan fingerprint density at radius 2 is 1.86 bits per heavy atom. The first-order valence-electron chi connectivity index (χ1n) is 11.1. The fraction of sp³-hybridized carbons (Fsp3) is 0.192. The molecule has 192 valence electrons. The lowest BCUT2D eigenvalue weighted by molar-refractivity contribution is 0.282. The number of fused-ring (bicyclic) bond motifs is 1. The van der Waals surface area contributed by atoms with Crippen molar-refractivity contribution in [2.24, 2.45) is 5.10 Å². The number of hydrogen-bond donors (Lipinski definition) is 0. The highest BCUT2D eigenvalue weighted by Crippen LogP contribution is 2.43. The zero-order valence-electron chi connectivity index (χ0n) is 19.7. The summed E-state index contributed by atoms with van der Waals surface area (Å²) in [6, 6.07) is 12.4. The van der Waals surface area contributed by atoms with E-state index in [1.54, 1.807) is 37.6 Å². The van der Waals surface area contributed by atoms with Crippen molar-refractivity contribution in [3.05, 3.63) is 93.2 Å². The maximum atomic E-state index is 13.3. The van der Waals surface area contributed by atoms with E-state index < -0.39 is 0 Å². The molecule has 0 amide bonds. The summed E-state index contributed by atoms with van der Waals surface area (Å²) in [5, 5.41) is 6.06. The molecule has 37 heavy (non-hydrogen) atoms. The number of aryl methyl sites for hydroxylation is 1. The van der Waals surface area contributed by atoms with Crippen LogP contribution < -0.4 is 15.0 Å². The highest BCUT2D eigenvalue weighted by molar-refractivity contribution is 9.13. The van der Waals surface area contributed by atoms with Gasteiger partial charge >= 0.3 is 0 Å². The van der Waals surface area contributed by atoms with Crippen molar-refractivity contribution in [3.8, 4) is 11.5 Å². The molecule has 0 radical (unpaired) electrons. The van der Waals surface area contributed by atoms with E-state index >= 15 is 0 Å². The Balaban J connectivity index is 1.72. The lowest BCUT2D eigenvalue weighted by Crippen LogP contribution is -2.22. The zero-order valence-corrected chi connectivity index (χ0v) is 26.0. The van der Waals surface area contributed by atoms with Gasteiger partial charge in [-0.1, -0.05) is 52.1 Å². The molecule has 0 N–H and O–H groups in total. The van der Waals surface area contributed by atoms with Crippen molar-refractivity contribution in [1.82, 2.24) is 9.66 Å². The minimum absolute atomic E-state index is 0.207. The molecule has 4 aromatic rings. The summed E-state index contributed by atoms with van der Waals surface area (Å²) in [7, 11) is 1.55. The minimum atomic E-state index is -0.243. The minimum Gasteiger partial charge on any atom is -0.493 e. The van der Waals surface area contributed by atoms with Crippen LogP contribution in [0, 0.1) is 0 Å². The SMILES string of the molecule is CCCc1nc2ccc(Br)cc2c(=O)n1N=Cc1cc(OC)c(OCc2ccc(Cl)cc2Cl)c(Br)c1Br. The van der Waals surface area contributed by atoms with Crippen molar-refractivity contribution >= 4 is 88.1 Å². The van der Waals surface area contributed by atoms with Crippen LogP contribution >= 0.6 is 71.0 Å². The Bertz CT molecular complexity index is 1570. The van der Waals surface area contributed by atoms with Gasteiger partial charge < -0.3 is 9.47 Å². The molecule has 1 heterocycles. The molecule has 0 bridgehead atoms. The van der Waals surface area contributed by atoms with Gasteiger partial charge in [-0.25, -0.2) is 4.98 Å². The molecular formula is C26H20Br3Cl2N3O3. The molecule has 0 fully saturated rings. The van der Waals surface area contributed by atoms with Crippen LogP contribution in [-0.2, 0) is 13.0 Å². The van der Waals surface area contributed by atoms with Crippen LogP contribution in [0.5, 0.6) is 11.5 Å². The number of methoxy groups -OCH3 is 1. The standard InChI is InChI=1S/C26H20Br3Cl2N3O3/c1-3-4-22-33-20-8-6-16(27)10-18(20)26(35)34(22)32-12-15-9-21(36-2)25(24(29)23(15)28)37-13-14-5-7-17(30)11-19(14)31/h5-12H,3-4,13H2,1-2H3. The molecular weight excluding hydrogens is 713 g/mol. The first-order valence-corrected chi connectivity index (χ1v) is 14.2. The fourth-order valence-electron chi connectivity index (χ4n) is 3.59. The van der Waals surface area contributed by atoms with Gasteiger partial charge in [0.25, 0.3) is 5.56 Å². The monoisotopic (exact) mass is 729 g/mol. The molecule has 0 aliphatic heterocycles. The third-order valence-electron chi connectivity index (χ3n) is 5.42. The van der Waals surface area contributed by atoms with E-state index in [2.05, 4.69) is 57.9 Å². The summed E-state index contributed by atoms with van der Waals surface area (Å²) in [4.78, 5) is 18.0. The van der Waals surface area contributed by atoms with Gasteiger partial charge in [-0.3, -0.25) is 4.79 Å². The topological polar surface area (TPSA) is 65.7 Å². The van der Waals surface area contributed by atoms with E-state index in [0.717, 1.165) is 16.5 Å². The predicted octanol–water partition coefficient (Wildman–Crippen LogP) is 8.41. The van der Waals surface area contributed by atoms with Gasteiger partial charge in [0.2, 0.25) is 0 Å². The van der Waals surface area contributed by atoms with Crippen LogP contribution in [0.4, 0.5) is 0 Å². The number of benzene rings is 3. The van der Waals surface area contributed by atoms with Crippen LogP contribution in [0.1, 0.15) is 30.3 Å². The largest absolute Gasteiger partial charge is 0.493 e. The van der Waals surface area contributed by atoms with Gasteiger partial charge in [-0.05, 0) is 74.7 Å². The highest BCUT2D eigenvalue weighted by atomic mass is 79.9. The van der Waals surface area contributed by atoms with E-state index in [0.29, 0.717) is 59.2 Å². The lowest BCUT2D eigenvalue weighted by Gasteiger charge is -2.16. The molecule has 0 saturated carbocycles. The predicted molar refractivity (Wildman–Crippen MR) is 160 cm³/mol. The summed E-state index contributed by atoms with van der Waals surface area (Å²) >= 11 is 22.9. The summed E-state index contributed by atoms with van der Waals surface area (Å²) in [5.74, 6) is 1.54. The molecule has 0 aliphatic carbocycles. The Kier molecular flexibility index (Phi) is 9.34. The molecule has 0 aliphatic rings. The lowest BCUT2D eigenvalue weighted by atomic mass is 10.2. The third kappa shape index (κ3) is 6.23. The second-order valence-electron chi connectivity index (χ2n) is 7.95. The zero-order chi connectivity index (χ0) is 26.7. The maximum Gasteiger partial charge on any atom is 0.282 e. The molecule has 4 rings (SSSR count). The Morgan fingerprint density at radius 1 is 1.08 bits per heavy atom. The van der Waals surface area contributed by atoms with E-state index in [4.69, 9.17) is 32.7 Å². The van der Waals surface area contributed by atoms with Crippen molar-refractivity contribution < 1.29 is 9.47 Å². The molecule has 0 spiro atoms. The second kappa shape index (κ2) is 12.3. The summed E-state index contributed by atoms with van der Waals surface area (Å²) in [6.45, 7) is 2.24. The molecule has 6 nitrogen and oxygen atoms in total. The van der Waals surface area contributed by atoms with E-state index in [9.17, 15) is 4.79 Å². The van der Waals surface area contributed by atoms with Crippen molar-refractivity contribution in [1.29, 1.82) is 0 Å². The van der Waals surface area contributed by atoms with Crippen molar-refractivity contribution in [2.45, 2.75) is 26.4 Å². The number of ether oxygens (including phenoxy) is 2. The van der Waals surface area contributed by atoms with Crippen LogP contribution in [0.25, 0.3) is 10.9 Å². The number of aromatic nitrogens is 2.